The van der Waals surface area contributed by atoms with Gasteiger partial charge < -0.3 is 9.84 Å². The van der Waals surface area contributed by atoms with E-state index in [0.29, 0.717) is 5.75 Å². The molecule has 1 aromatic carbocycles. The second-order valence-electron chi connectivity index (χ2n) is 4.16. The largest absolute Gasteiger partial charge is 0.497 e. The number of ether oxygens (including phenoxy) is 1. The van der Waals surface area contributed by atoms with Gasteiger partial charge in [-0.3, -0.25) is 9.00 Å². The molecule has 1 aromatic rings. The second kappa shape index (κ2) is 5.31. The molecule has 4 nitrogen and oxygen atoms in total. The first-order valence-electron chi connectivity index (χ1n) is 5.12. The lowest BCUT2D eigenvalue weighted by molar-refractivity contribution is -0.139. The molecule has 1 N–H and O–H groups in total. The van der Waals surface area contributed by atoms with Crippen LogP contribution in [0.25, 0.3) is 0 Å². The van der Waals surface area contributed by atoms with E-state index in [0.717, 1.165) is 5.56 Å². The fourth-order valence-corrected chi connectivity index (χ4v) is 2.23. The Bertz CT molecular complexity index is 440. The third kappa shape index (κ3) is 3.30. The van der Waals surface area contributed by atoms with Crippen LogP contribution in [0.1, 0.15) is 19.4 Å². The Morgan fingerprint density at radius 1 is 1.47 bits per heavy atom. The van der Waals surface area contributed by atoms with Crippen molar-refractivity contribution in [2.45, 2.75) is 24.3 Å². The summed E-state index contributed by atoms with van der Waals surface area (Å²) in [5.74, 6) is -0.178. The predicted octanol–water partition coefficient (Wildman–Crippen LogP) is 1.81. The van der Waals surface area contributed by atoms with E-state index in [2.05, 4.69) is 0 Å². The van der Waals surface area contributed by atoms with Gasteiger partial charge in [-0.25, -0.2) is 0 Å². The number of carbonyl (C=O) groups is 1. The van der Waals surface area contributed by atoms with Gasteiger partial charge in [-0.05, 0) is 31.5 Å². The average molecular weight is 256 g/mol. The van der Waals surface area contributed by atoms with Crippen LogP contribution in [-0.2, 0) is 21.3 Å². The zero-order valence-corrected chi connectivity index (χ0v) is 10.9. The first-order valence-corrected chi connectivity index (χ1v) is 6.44. The van der Waals surface area contributed by atoms with E-state index in [9.17, 15) is 9.00 Å². The SMILES string of the molecule is COc1cccc(CS(=O)C(C)(C)C(=O)O)c1. The number of carboxylic acids is 1. The molecule has 1 unspecified atom stereocenters. The number of hydrogen-bond acceptors (Lipinski definition) is 3. The molecule has 1 atom stereocenters. The van der Waals surface area contributed by atoms with Crippen molar-refractivity contribution in [3.8, 4) is 5.75 Å². The summed E-state index contributed by atoms with van der Waals surface area (Å²) in [7, 11) is 0.0760. The molecule has 0 saturated heterocycles. The zero-order valence-electron chi connectivity index (χ0n) is 10.1. The lowest BCUT2D eigenvalue weighted by Crippen LogP contribution is -2.37. The highest BCUT2D eigenvalue weighted by Crippen LogP contribution is 2.20. The van der Waals surface area contributed by atoms with Crippen LogP contribution in [0.5, 0.6) is 5.75 Å². The van der Waals surface area contributed by atoms with Crippen molar-refractivity contribution in [2.24, 2.45) is 0 Å². The summed E-state index contributed by atoms with van der Waals surface area (Å²) in [6.07, 6.45) is 0. The third-order valence-electron chi connectivity index (χ3n) is 2.52. The molecule has 0 radical (unpaired) electrons. The molecule has 1 rings (SSSR count). The van der Waals surface area contributed by atoms with Gasteiger partial charge in [0.1, 0.15) is 10.5 Å². The summed E-state index contributed by atoms with van der Waals surface area (Å²) in [5, 5.41) is 8.97. The molecule has 0 heterocycles. The van der Waals surface area contributed by atoms with Crippen molar-refractivity contribution >= 4 is 16.8 Å². The first kappa shape index (κ1) is 13.7. The molecule has 5 heteroatoms. The van der Waals surface area contributed by atoms with Gasteiger partial charge in [0.05, 0.1) is 7.11 Å². The minimum atomic E-state index is -1.48. The molecular formula is C12H16O4S. The number of carboxylic acid groups (broad SMARTS) is 1. The van der Waals surface area contributed by atoms with Crippen molar-refractivity contribution in [2.75, 3.05) is 7.11 Å². The van der Waals surface area contributed by atoms with Crippen LogP contribution in [0.3, 0.4) is 0 Å². The van der Waals surface area contributed by atoms with Gasteiger partial charge in [-0.15, -0.1) is 0 Å². The first-order chi connectivity index (χ1) is 7.87. The molecule has 0 aliphatic carbocycles. The van der Waals surface area contributed by atoms with Crippen LogP contribution in [0, 0.1) is 0 Å². The van der Waals surface area contributed by atoms with E-state index in [4.69, 9.17) is 9.84 Å². The summed E-state index contributed by atoms with van der Waals surface area (Å²) in [6, 6.07) is 7.14. The zero-order chi connectivity index (χ0) is 13.1. The topological polar surface area (TPSA) is 63.6 Å². The molecular weight excluding hydrogens is 240 g/mol. The lowest BCUT2D eigenvalue weighted by Gasteiger charge is -2.18. The Morgan fingerprint density at radius 2 is 2.12 bits per heavy atom. The summed E-state index contributed by atoms with van der Waals surface area (Å²) < 4.78 is 15.8. The summed E-state index contributed by atoms with van der Waals surface area (Å²) in [5.41, 5.74) is 0.803. The molecule has 0 aliphatic rings. The average Bonchev–Trinajstić information content (AvgIpc) is 2.29. The van der Waals surface area contributed by atoms with Crippen molar-refractivity contribution in [3.63, 3.8) is 0 Å². The highest BCUT2D eigenvalue weighted by molar-refractivity contribution is 7.86. The van der Waals surface area contributed by atoms with E-state index in [1.807, 2.05) is 0 Å². The standard InChI is InChI=1S/C12H16O4S/c1-12(2,11(13)14)17(15)8-9-5-4-6-10(7-9)16-3/h4-7H,8H2,1-3H3,(H,13,14). The van der Waals surface area contributed by atoms with E-state index >= 15 is 0 Å². The molecule has 0 bridgehead atoms. The van der Waals surface area contributed by atoms with Gasteiger partial charge in [0.25, 0.3) is 0 Å². The molecule has 0 aliphatic heterocycles. The highest BCUT2D eigenvalue weighted by Gasteiger charge is 2.34. The van der Waals surface area contributed by atoms with Crippen LogP contribution >= 0.6 is 0 Å². The fraction of sp³-hybridized carbons (Fsp3) is 0.417. The number of aliphatic carboxylic acids is 1. The molecule has 0 spiro atoms. The Labute approximate surface area is 103 Å². The summed E-state index contributed by atoms with van der Waals surface area (Å²) in [4.78, 5) is 11.0. The van der Waals surface area contributed by atoms with Gasteiger partial charge >= 0.3 is 5.97 Å². The number of hydrogen-bond donors (Lipinski definition) is 1. The number of methoxy groups -OCH3 is 1. The van der Waals surface area contributed by atoms with Gasteiger partial charge in [0.2, 0.25) is 0 Å². The maximum Gasteiger partial charge on any atom is 0.321 e. The smallest absolute Gasteiger partial charge is 0.321 e. The molecule has 0 aromatic heterocycles. The maximum atomic E-state index is 12.0. The van der Waals surface area contributed by atoms with E-state index in [1.54, 1.807) is 31.4 Å². The Hall–Kier alpha value is -1.36. The van der Waals surface area contributed by atoms with Gasteiger partial charge in [0, 0.05) is 16.6 Å². The number of rotatable bonds is 5. The van der Waals surface area contributed by atoms with Crippen molar-refractivity contribution in [3.05, 3.63) is 29.8 Å². The van der Waals surface area contributed by atoms with Crippen LogP contribution in [-0.4, -0.2) is 27.1 Å². The third-order valence-corrected chi connectivity index (χ3v) is 4.42. The van der Waals surface area contributed by atoms with Gasteiger partial charge in [-0.1, -0.05) is 12.1 Å². The Kier molecular flexibility index (Phi) is 4.28. The molecule has 0 saturated carbocycles. The fourth-order valence-electron chi connectivity index (χ4n) is 1.19. The Morgan fingerprint density at radius 3 is 2.65 bits per heavy atom. The molecule has 0 amide bonds. The van der Waals surface area contributed by atoms with E-state index in [1.165, 1.54) is 13.8 Å². The van der Waals surface area contributed by atoms with Crippen molar-refractivity contribution in [1.82, 2.24) is 0 Å². The quantitative estimate of drug-likeness (QED) is 0.872. The second-order valence-corrected chi connectivity index (χ2v) is 6.16. The Balaban J connectivity index is 2.84. The minimum absolute atomic E-state index is 0.205. The monoisotopic (exact) mass is 256 g/mol. The van der Waals surface area contributed by atoms with E-state index < -0.39 is 21.5 Å². The lowest BCUT2D eigenvalue weighted by atomic mass is 10.2. The highest BCUT2D eigenvalue weighted by atomic mass is 32.2. The summed E-state index contributed by atoms with van der Waals surface area (Å²) in [6.45, 7) is 2.93. The summed E-state index contributed by atoms with van der Waals surface area (Å²) >= 11 is 0. The molecule has 0 fully saturated rings. The predicted molar refractivity (Wildman–Crippen MR) is 66.6 cm³/mol. The number of benzene rings is 1. The van der Waals surface area contributed by atoms with Crippen molar-refractivity contribution in [1.29, 1.82) is 0 Å². The normalized spacial score (nSPS) is 13.1. The molecule has 94 valence electrons. The maximum absolute atomic E-state index is 12.0. The van der Waals surface area contributed by atoms with Gasteiger partial charge in [0.15, 0.2) is 0 Å². The minimum Gasteiger partial charge on any atom is -0.497 e. The van der Waals surface area contributed by atoms with Crippen LogP contribution < -0.4 is 4.74 Å². The van der Waals surface area contributed by atoms with Crippen LogP contribution in [0.4, 0.5) is 0 Å². The van der Waals surface area contributed by atoms with E-state index in [-0.39, 0.29) is 5.75 Å². The van der Waals surface area contributed by atoms with Crippen molar-refractivity contribution < 1.29 is 18.8 Å². The van der Waals surface area contributed by atoms with Crippen LogP contribution in [0.15, 0.2) is 24.3 Å². The molecule has 17 heavy (non-hydrogen) atoms. The van der Waals surface area contributed by atoms with Gasteiger partial charge in [-0.2, -0.15) is 0 Å². The van der Waals surface area contributed by atoms with Crippen LogP contribution in [0.2, 0.25) is 0 Å².